The second-order valence-corrected chi connectivity index (χ2v) is 8.11. The molecule has 0 aliphatic carbocycles. The molecule has 0 aliphatic rings. The molecule has 0 unspecified atom stereocenters. The van der Waals surface area contributed by atoms with Gasteiger partial charge in [-0.15, -0.1) is 6.58 Å². The lowest BCUT2D eigenvalue weighted by atomic mass is 10.1. The van der Waals surface area contributed by atoms with Gasteiger partial charge in [0.2, 0.25) is 10.0 Å². The molecule has 0 radical (unpaired) electrons. The van der Waals surface area contributed by atoms with E-state index in [1.807, 2.05) is 0 Å². The zero-order chi connectivity index (χ0) is 16.4. The summed E-state index contributed by atoms with van der Waals surface area (Å²) in [7, 11) is -3.84. The summed E-state index contributed by atoms with van der Waals surface area (Å²) in [5.41, 5.74) is -0.443. The van der Waals surface area contributed by atoms with Crippen LogP contribution in [-0.2, 0) is 16.6 Å². The summed E-state index contributed by atoms with van der Waals surface area (Å²) < 4.78 is 27.0. The van der Waals surface area contributed by atoms with Crippen molar-refractivity contribution in [3.8, 4) is 0 Å². The van der Waals surface area contributed by atoms with Gasteiger partial charge in [0.25, 0.3) is 0 Å². The van der Waals surface area contributed by atoms with Crippen LogP contribution in [0.5, 0.6) is 0 Å². The first-order valence-corrected chi connectivity index (χ1v) is 8.48. The highest BCUT2D eigenvalue weighted by molar-refractivity contribution is 7.89. The number of benzene rings is 1. The van der Waals surface area contributed by atoms with Gasteiger partial charge in [-0.2, -0.15) is 4.31 Å². The second-order valence-electron chi connectivity index (χ2n) is 5.49. The van der Waals surface area contributed by atoms with E-state index in [1.165, 1.54) is 22.5 Å². The maximum atomic E-state index is 12.8. The Hall–Kier alpha value is -0.590. The molecule has 0 saturated carbocycles. The summed E-state index contributed by atoms with van der Waals surface area (Å²) in [5.74, 6) is 0. The van der Waals surface area contributed by atoms with E-state index >= 15 is 0 Å². The van der Waals surface area contributed by atoms with E-state index in [9.17, 15) is 13.5 Å². The van der Waals surface area contributed by atoms with Crippen molar-refractivity contribution >= 4 is 33.2 Å². The monoisotopic (exact) mass is 351 g/mol. The molecule has 1 rings (SSSR count). The van der Waals surface area contributed by atoms with Crippen LogP contribution >= 0.6 is 23.2 Å². The summed E-state index contributed by atoms with van der Waals surface area (Å²) in [4.78, 5) is -0.0746. The Balaban J connectivity index is 3.53. The molecule has 0 fully saturated rings. The van der Waals surface area contributed by atoms with Crippen molar-refractivity contribution < 1.29 is 13.5 Å². The second kappa shape index (κ2) is 6.67. The number of hydrogen-bond acceptors (Lipinski definition) is 3. The third-order valence-corrected chi connectivity index (χ3v) is 5.99. The largest absolute Gasteiger partial charge is 0.392 e. The van der Waals surface area contributed by atoms with Crippen molar-refractivity contribution in [2.75, 3.05) is 6.54 Å². The van der Waals surface area contributed by atoms with Crippen molar-refractivity contribution in [3.05, 3.63) is 40.4 Å². The van der Waals surface area contributed by atoms with Crippen LogP contribution in [0.15, 0.2) is 29.7 Å². The molecular weight excluding hydrogens is 333 g/mol. The van der Waals surface area contributed by atoms with E-state index in [4.69, 9.17) is 23.2 Å². The molecule has 0 aliphatic heterocycles. The molecule has 0 spiro atoms. The van der Waals surface area contributed by atoms with Crippen molar-refractivity contribution in [2.24, 2.45) is 0 Å². The molecule has 7 heteroatoms. The highest BCUT2D eigenvalue weighted by Crippen LogP contribution is 2.34. The van der Waals surface area contributed by atoms with Gasteiger partial charge in [-0.05, 0) is 32.9 Å². The summed E-state index contributed by atoms with van der Waals surface area (Å²) in [6.45, 7) is 8.66. The first-order valence-electron chi connectivity index (χ1n) is 6.28. The minimum Gasteiger partial charge on any atom is -0.392 e. The predicted molar refractivity (Wildman–Crippen MR) is 86.2 cm³/mol. The lowest BCUT2D eigenvalue weighted by Gasteiger charge is -2.34. The van der Waals surface area contributed by atoms with Crippen molar-refractivity contribution in [3.63, 3.8) is 0 Å². The van der Waals surface area contributed by atoms with E-state index in [0.29, 0.717) is 0 Å². The molecule has 0 bridgehead atoms. The van der Waals surface area contributed by atoms with Crippen LogP contribution in [0.2, 0.25) is 10.0 Å². The van der Waals surface area contributed by atoms with Crippen LogP contribution in [0.3, 0.4) is 0 Å². The Morgan fingerprint density at radius 2 is 1.90 bits per heavy atom. The SMILES string of the molecule is C=CCN(C(C)(C)C)S(=O)(=O)c1ccc(Cl)c(CO)c1Cl. The quantitative estimate of drug-likeness (QED) is 0.826. The fourth-order valence-corrected chi connectivity index (χ4v) is 4.52. The van der Waals surface area contributed by atoms with Gasteiger partial charge in [-0.3, -0.25) is 0 Å². The smallest absolute Gasteiger partial charge is 0.245 e. The number of aliphatic hydroxyl groups excluding tert-OH is 1. The van der Waals surface area contributed by atoms with Crippen LogP contribution in [-0.4, -0.2) is 29.9 Å². The normalized spacial score (nSPS) is 12.7. The highest BCUT2D eigenvalue weighted by Gasteiger charge is 2.35. The number of hydrogen-bond donors (Lipinski definition) is 1. The molecule has 0 aromatic heterocycles. The average Bonchev–Trinajstić information content (AvgIpc) is 2.34. The molecule has 0 heterocycles. The summed E-state index contributed by atoms with van der Waals surface area (Å²) in [6, 6.07) is 2.77. The highest BCUT2D eigenvalue weighted by atomic mass is 35.5. The van der Waals surface area contributed by atoms with Crippen molar-refractivity contribution in [1.82, 2.24) is 4.31 Å². The Morgan fingerprint density at radius 3 is 2.33 bits per heavy atom. The third-order valence-electron chi connectivity index (χ3n) is 2.92. The first-order chi connectivity index (χ1) is 9.57. The standard InChI is InChI=1S/C14H19Cl2NO3S/c1-5-8-17(14(2,3)4)21(19,20)12-7-6-11(15)10(9-18)13(12)16/h5-7,18H,1,8-9H2,2-4H3. The van der Waals surface area contributed by atoms with Gasteiger partial charge in [-0.1, -0.05) is 29.3 Å². The summed E-state index contributed by atoms with van der Waals surface area (Å²) in [5, 5.41) is 9.47. The number of aliphatic hydroxyl groups is 1. The molecule has 0 atom stereocenters. The summed E-state index contributed by atoms with van der Waals surface area (Å²) >= 11 is 12.0. The van der Waals surface area contributed by atoms with Gasteiger partial charge >= 0.3 is 0 Å². The van der Waals surface area contributed by atoms with Crippen LogP contribution < -0.4 is 0 Å². The summed E-state index contributed by atoms with van der Waals surface area (Å²) in [6.07, 6.45) is 1.51. The molecule has 0 amide bonds. The minimum absolute atomic E-state index is 0.0525. The zero-order valence-electron chi connectivity index (χ0n) is 12.2. The molecule has 1 N–H and O–H groups in total. The van der Waals surface area contributed by atoms with Crippen LogP contribution in [0.4, 0.5) is 0 Å². The van der Waals surface area contributed by atoms with Gasteiger partial charge < -0.3 is 5.11 Å². The molecule has 118 valence electrons. The van der Waals surface area contributed by atoms with Crippen LogP contribution in [0, 0.1) is 0 Å². The topological polar surface area (TPSA) is 57.6 Å². The fraction of sp³-hybridized carbons (Fsp3) is 0.429. The van der Waals surface area contributed by atoms with E-state index in [2.05, 4.69) is 6.58 Å². The first kappa shape index (κ1) is 18.5. The minimum atomic E-state index is -3.84. The lowest BCUT2D eigenvalue weighted by molar-refractivity contribution is 0.269. The molecule has 1 aromatic carbocycles. The van der Waals surface area contributed by atoms with Gasteiger partial charge in [-0.25, -0.2) is 8.42 Å². The number of halogens is 2. The van der Waals surface area contributed by atoms with E-state index in [1.54, 1.807) is 20.8 Å². The maximum absolute atomic E-state index is 12.8. The van der Waals surface area contributed by atoms with Gasteiger partial charge in [0.15, 0.2) is 0 Å². The van der Waals surface area contributed by atoms with E-state index < -0.39 is 22.2 Å². The predicted octanol–water partition coefficient (Wildman–Crippen LogP) is 3.46. The number of rotatable bonds is 5. The lowest BCUT2D eigenvalue weighted by Crippen LogP contribution is -2.45. The van der Waals surface area contributed by atoms with Gasteiger partial charge in [0.1, 0.15) is 4.90 Å². The van der Waals surface area contributed by atoms with Crippen molar-refractivity contribution in [1.29, 1.82) is 0 Å². The number of sulfonamides is 1. The van der Waals surface area contributed by atoms with Gasteiger partial charge in [0.05, 0.1) is 11.6 Å². The molecule has 21 heavy (non-hydrogen) atoms. The Bertz CT molecular complexity index is 636. The maximum Gasteiger partial charge on any atom is 0.245 e. The number of nitrogens with zero attached hydrogens (tertiary/aromatic N) is 1. The van der Waals surface area contributed by atoms with E-state index in [0.717, 1.165) is 0 Å². The average molecular weight is 352 g/mol. The third kappa shape index (κ3) is 3.79. The van der Waals surface area contributed by atoms with Crippen LogP contribution in [0.1, 0.15) is 26.3 Å². The Morgan fingerprint density at radius 1 is 1.33 bits per heavy atom. The van der Waals surface area contributed by atoms with E-state index in [-0.39, 0.29) is 27.0 Å². The Labute approximate surface area is 136 Å². The molecule has 1 aromatic rings. The molecular formula is C14H19Cl2NO3S. The molecule has 0 saturated heterocycles. The zero-order valence-corrected chi connectivity index (χ0v) is 14.6. The van der Waals surface area contributed by atoms with Crippen molar-refractivity contribution in [2.45, 2.75) is 37.8 Å². The molecule has 4 nitrogen and oxygen atoms in total. The fourth-order valence-electron chi connectivity index (χ4n) is 1.89. The van der Waals surface area contributed by atoms with Gasteiger partial charge in [0, 0.05) is 22.7 Å². The van der Waals surface area contributed by atoms with Crippen LogP contribution in [0.25, 0.3) is 0 Å². The Kier molecular flexibility index (Phi) is 5.86.